The van der Waals surface area contributed by atoms with Crippen LogP contribution in [0.3, 0.4) is 0 Å². The molecular weight excluding hydrogens is 466 g/mol. The first-order valence-corrected chi connectivity index (χ1v) is 11.1. The summed E-state index contributed by atoms with van der Waals surface area (Å²) < 4.78 is 13.4. The average molecular weight is 489 g/mol. The number of amides is 1. The third kappa shape index (κ3) is 5.43. The minimum atomic E-state index is -0.535. The lowest BCUT2D eigenvalue weighted by molar-refractivity contribution is -0.384. The number of carbonyl (C=O) groups is 1. The van der Waals surface area contributed by atoms with Crippen molar-refractivity contribution < 1.29 is 19.2 Å². The van der Waals surface area contributed by atoms with Gasteiger partial charge >= 0.3 is 0 Å². The fraction of sp³-hybridized carbons (Fsp3) is 0.208. The second-order valence-corrected chi connectivity index (χ2v) is 7.65. The Bertz CT molecular complexity index is 1420. The Labute approximate surface area is 205 Å². The van der Waals surface area contributed by atoms with E-state index in [0.717, 1.165) is 19.4 Å². The number of imidazole rings is 1. The normalized spacial score (nSPS) is 11.1. The van der Waals surface area contributed by atoms with Crippen LogP contribution in [-0.4, -0.2) is 43.7 Å². The number of fused-ring (bicyclic) bond motifs is 1. The summed E-state index contributed by atoms with van der Waals surface area (Å²) in [4.78, 5) is 35.4. The molecule has 4 aromatic rings. The van der Waals surface area contributed by atoms with E-state index < -0.39 is 10.8 Å². The van der Waals surface area contributed by atoms with E-state index in [1.807, 2.05) is 4.57 Å². The van der Waals surface area contributed by atoms with Gasteiger partial charge in [0, 0.05) is 35.9 Å². The summed E-state index contributed by atoms with van der Waals surface area (Å²) in [6.07, 6.45) is 6.66. The summed E-state index contributed by atoms with van der Waals surface area (Å²) in [7, 11) is 1.50. The number of benzene rings is 2. The average Bonchev–Trinajstić information content (AvgIpc) is 3.32. The van der Waals surface area contributed by atoms with E-state index in [1.165, 1.54) is 43.9 Å². The van der Waals surface area contributed by atoms with Crippen molar-refractivity contribution in [3.8, 4) is 17.4 Å². The first-order chi connectivity index (χ1) is 17.5. The predicted octanol–water partition coefficient (Wildman–Crippen LogP) is 4.10. The number of rotatable bonds is 10. The van der Waals surface area contributed by atoms with E-state index >= 15 is 0 Å². The monoisotopic (exact) mass is 489 g/mol. The van der Waals surface area contributed by atoms with Gasteiger partial charge in [0.2, 0.25) is 0 Å². The molecule has 1 amide bonds. The molecule has 0 unspecified atom stereocenters. The van der Waals surface area contributed by atoms with Crippen LogP contribution in [-0.2, 0) is 6.54 Å². The largest absolute Gasteiger partial charge is 0.496 e. The van der Waals surface area contributed by atoms with Gasteiger partial charge in [0.25, 0.3) is 17.5 Å². The number of carbonyl (C=O) groups excluding carboxylic acids is 1. The molecule has 12 nitrogen and oxygen atoms in total. The van der Waals surface area contributed by atoms with Crippen molar-refractivity contribution in [3.05, 3.63) is 76.4 Å². The maximum atomic E-state index is 12.2. The standard InChI is InChI=1S/C24H23N7O5/c1-3-4-11-30-15-27-21-22(30)25-14-26-24(21)36-19-10-7-17(20(12-19)35-2)13-28-29-23(32)16-5-8-18(9-6-16)31(33)34/h5-10,12-15H,3-4,11H2,1-2H3,(H,29,32)/b28-13+. The van der Waals surface area contributed by atoms with Crippen molar-refractivity contribution in [2.75, 3.05) is 7.11 Å². The van der Waals surface area contributed by atoms with E-state index in [-0.39, 0.29) is 11.3 Å². The summed E-state index contributed by atoms with van der Waals surface area (Å²) >= 11 is 0. The van der Waals surface area contributed by atoms with Crippen molar-refractivity contribution >= 4 is 29.0 Å². The third-order valence-corrected chi connectivity index (χ3v) is 5.25. The quantitative estimate of drug-likeness (QED) is 0.199. The van der Waals surface area contributed by atoms with Gasteiger partial charge < -0.3 is 14.0 Å². The van der Waals surface area contributed by atoms with Gasteiger partial charge in [-0.05, 0) is 30.7 Å². The van der Waals surface area contributed by atoms with Crippen molar-refractivity contribution in [3.63, 3.8) is 0 Å². The van der Waals surface area contributed by atoms with E-state index in [4.69, 9.17) is 9.47 Å². The zero-order chi connectivity index (χ0) is 25.5. The molecule has 12 heteroatoms. The minimum absolute atomic E-state index is 0.102. The number of hydrogen-bond acceptors (Lipinski definition) is 9. The molecule has 0 fully saturated rings. The van der Waals surface area contributed by atoms with E-state index in [0.29, 0.717) is 34.1 Å². The summed E-state index contributed by atoms with van der Waals surface area (Å²) in [5.41, 5.74) is 4.37. The maximum absolute atomic E-state index is 12.2. The molecule has 1 N–H and O–H groups in total. The molecule has 0 bridgehead atoms. The van der Waals surface area contributed by atoms with Gasteiger partial charge in [0.05, 0.1) is 24.6 Å². The Hall–Kier alpha value is -4.87. The first kappa shape index (κ1) is 24.3. The second kappa shape index (κ2) is 11.0. The van der Waals surface area contributed by atoms with Crippen LogP contribution in [0.15, 0.2) is 60.2 Å². The molecule has 0 saturated heterocycles. The number of nitro groups is 1. The zero-order valence-corrected chi connectivity index (χ0v) is 19.6. The van der Waals surface area contributed by atoms with E-state index in [2.05, 4.69) is 32.4 Å². The highest BCUT2D eigenvalue weighted by atomic mass is 16.6. The van der Waals surface area contributed by atoms with Gasteiger partial charge in [-0.2, -0.15) is 10.1 Å². The summed E-state index contributed by atoms with van der Waals surface area (Å²) in [6, 6.07) is 10.3. The molecule has 2 heterocycles. The highest BCUT2D eigenvalue weighted by Crippen LogP contribution is 2.29. The Balaban J connectivity index is 1.46. The molecule has 0 aliphatic rings. The number of nitro benzene ring substituents is 1. The number of ether oxygens (including phenoxy) is 2. The molecule has 0 radical (unpaired) electrons. The molecule has 0 atom stereocenters. The third-order valence-electron chi connectivity index (χ3n) is 5.25. The molecule has 0 spiro atoms. The molecule has 4 rings (SSSR count). The highest BCUT2D eigenvalue weighted by Gasteiger charge is 2.13. The Morgan fingerprint density at radius 2 is 2.00 bits per heavy atom. The number of nitrogens with one attached hydrogen (secondary N) is 1. The van der Waals surface area contributed by atoms with Crippen molar-refractivity contribution in [2.24, 2.45) is 5.10 Å². The Morgan fingerprint density at radius 3 is 2.72 bits per heavy atom. The molecule has 0 aliphatic carbocycles. The zero-order valence-electron chi connectivity index (χ0n) is 19.6. The lowest BCUT2D eigenvalue weighted by Gasteiger charge is -2.09. The number of aryl methyl sites for hydroxylation is 1. The lowest BCUT2D eigenvalue weighted by Crippen LogP contribution is -2.17. The topological polar surface area (TPSA) is 147 Å². The van der Waals surface area contributed by atoms with Crippen LogP contribution >= 0.6 is 0 Å². The number of unbranched alkanes of at least 4 members (excludes halogenated alkanes) is 1. The van der Waals surface area contributed by atoms with Crippen molar-refractivity contribution in [1.82, 2.24) is 24.9 Å². The Morgan fingerprint density at radius 1 is 1.19 bits per heavy atom. The van der Waals surface area contributed by atoms with Crippen molar-refractivity contribution in [2.45, 2.75) is 26.3 Å². The van der Waals surface area contributed by atoms with Gasteiger partial charge in [-0.25, -0.2) is 15.4 Å². The summed E-state index contributed by atoms with van der Waals surface area (Å²) in [5.74, 6) is 0.752. The molecule has 184 valence electrons. The van der Waals surface area contributed by atoms with Gasteiger partial charge in [-0.15, -0.1) is 0 Å². The molecule has 0 saturated carbocycles. The molecular formula is C24H23N7O5. The summed E-state index contributed by atoms with van der Waals surface area (Å²) in [5, 5.41) is 14.7. The van der Waals surface area contributed by atoms with Gasteiger partial charge in [-0.3, -0.25) is 14.9 Å². The fourth-order valence-electron chi connectivity index (χ4n) is 3.36. The molecule has 2 aromatic carbocycles. The number of methoxy groups -OCH3 is 1. The van der Waals surface area contributed by atoms with Crippen LogP contribution in [0.4, 0.5) is 5.69 Å². The van der Waals surface area contributed by atoms with Gasteiger partial charge in [0.15, 0.2) is 11.2 Å². The number of non-ortho nitro benzene ring substituents is 1. The smallest absolute Gasteiger partial charge is 0.271 e. The SMILES string of the molecule is CCCCn1cnc2c(Oc3ccc(/C=N/NC(=O)c4ccc([N+](=O)[O-])cc4)c(OC)c3)ncnc21. The van der Waals surface area contributed by atoms with Gasteiger partial charge in [-0.1, -0.05) is 13.3 Å². The lowest BCUT2D eigenvalue weighted by atomic mass is 10.2. The minimum Gasteiger partial charge on any atom is -0.496 e. The Kier molecular flexibility index (Phi) is 7.44. The van der Waals surface area contributed by atoms with Crippen LogP contribution in [0.5, 0.6) is 17.4 Å². The van der Waals surface area contributed by atoms with Crippen LogP contribution in [0.2, 0.25) is 0 Å². The maximum Gasteiger partial charge on any atom is 0.271 e. The van der Waals surface area contributed by atoms with Crippen LogP contribution in [0.1, 0.15) is 35.7 Å². The number of hydrazone groups is 1. The first-order valence-electron chi connectivity index (χ1n) is 11.1. The number of nitrogens with zero attached hydrogens (tertiary/aromatic N) is 6. The van der Waals surface area contributed by atoms with E-state index in [9.17, 15) is 14.9 Å². The number of aromatic nitrogens is 4. The van der Waals surface area contributed by atoms with Crippen molar-refractivity contribution in [1.29, 1.82) is 0 Å². The number of hydrogen-bond donors (Lipinski definition) is 1. The molecule has 0 aliphatic heterocycles. The van der Waals surface area contributed by atoms with Crippen LogP contribution in [0.25, 0.3) is 11.2 Å². The summed E-state index contributed by atoms with van der Waals surface area (Å²) in [6.45, 7) is 2.93. The predicted molar refractivity (Wildman–Crippen MR) is 131 cm³/mol. The van der Waals surface area contributed by atoms with Gasteiger partial charge in [0.1, 0.15) is 17.8 Å². The highest BCUT2D eigenvalue weighted by molar-refractivity contribution is 5.95. The van der Waals surface area contributed by atoms with Crippen LogP contribution in [0, 0.1) is 10.1 Å². The molecule has 36 heavy (non-hydrogen) atoms. The molecule has 2 aromatic heterocycles. The van der Waals surface area contributed by atoms with Crippen LogP contribution < -0.4 is 14.9 Å². The van der Waals surface area contributed by atoms with E-state index in [1.54, 1.807) is 24.5 Å². The fourth-order valence-corrected chi connectivity index (χ4v) is 3.36. The second-order valence-electron chi connectivity index (χ2n) is 7.65.